The minimum Gasteiger partial charge on any atom is -0.345 e. The minimum atomic E-state index is -0.175. The van der Waals surface area contributed by atoms with Crippen LogP contribution in [0.4, 0.5) is 0 Å². The van der Waals surface area contributed by atoms with Gasteiger partial charge in [0.05, 0.1) is 11.7 Å². The summed E-state index contributed by atoms with van der Waals surface area (Å²) < 4.78 is 1.87. The van der Waals surface area contributed by atoms with Crippen LogP contribution in [0.1, 0.15) is 51.8 Å². The number of aryl methyl sites for hydroxylation is 4. The molecule has 4 aromatic rings. The van der Waals surface area contributed by atoms with Gasteiger partial charge in [-0.05, 0) is 50.8 Å². The van der Waals surface area contributed by atoms with E-state index in [1.165, 1.54) is 5.56 Å². The van der Waals surface area contributed by atoms with Crippen molar-refractivity contribution in [3.63, 3.8) is 0 Å². The van der Waals surface area contributed by atoms with E-state index in [0.29, 0.717) is 12.8 Å². The second-order valence-corrected chi connectivity index (χ2v) is 8.14. The summed E-state index contributed by atoms with van der Waals surface area (Å²) in [6.07, 6.45) is 1.02. The number of hydrogen-bond donors (Lipinski definition) is 1. The fourth-order valence-corrected chi connectivity index (χ4v) is 4.04. The van der Waals surface area contributed by atoms with Gasteiger partial charge in [-0.1, -0.05) is 60.2 Å². The zero-order valence-electron chi connectivity index (χ0n) is 18.5. The smallest absolute Gasteiger partial charge is 0.221 e. The van der Waals surface area contributed by atoms with Crippen molar-refractivity contribution in [2.24, 2.45) is 0 Å². The SMILES string of the molecule is Cc1ccc(C(NC(=O)CCc2c(C)nc3cc(C)nn3c2C)c2ccccc2)cc1. The van der Waals surface area contributed by atoms with Crippen molar-refractivity contribution < 1.29 is 4.79 Å². The first kappa shape index (κ1) is 20.8. The second kappa shape index (κ2) is 8.72. The molecule has 2 aromatic carbocycles. The predicted octanol–water partition coefficient (Wildman–Crippen LogP) is 4.80. The van der Waals surface area contributed by atoms with Crippen LogP contribution in [0.15, 0.2) is 60.7 Å². The van der Waals surface area contributed by atoms with Gasteiger partial charge in [0.1, 0.15) is 0 Å². The molecular formula is C26H28N4O. The Kier molecular flexibility index (Phi) is 5.85. The van der Waals surface area contributed by atoms with Crippen LogP contribution < -0.4 is 5.32 Å². The van der Waals surface area contributed by atoms with Crippen molar-refractivity contribution in [2.45, 2.75) is 46.6 Å². The summed E-state index contributed by atoms with van der Waals surface area (Å²) in [7, 11) is 0. The Bertz CT molecular complexity index is 1210. The van der Waals surface area contributed by atoms with Gasteiger partial charge in [0.15, 0.2) is 5.65 Å². The first-order valence-corrected chi connectivity index (χ1v) is 10.7. The Morgan fingerprint density at radius 1 is 0.968 bits per heavy atom. The number of nitrogens with one attached hydrogen (secondary N) is 1. The molecule has 0 saturated carbocycles. The van der Waals surface area contributed by atoms with Crippen LogP contribution >= 0.6 is 0 Å². The highest BCUT2D eigenvalue weighted by Gasteiger charge is 2.18. The van der Waals surface area contributed by atoms with Crippen LogP contribution in [-0.4, -0.2) is 20.5 Å². The zero-order valence-corrected chi connectivity index (χ0v) is 18.5. The summed E-state index contributed by atoms with van der Waals surface area (Å²) in [6, 6.07) is 20.2. The molecule has 2 aromatic heterocycles. The van der Waals surface area contributed by atoms with E-state index in [2.05, 4.69) is 58.7 Å². The number of amides is 1. The first-order valence-electron chi connectivity index (χ1n) is 10.7. The topological polar surface area (TPSA) is 59.3 Å². The van der Waals surface area contributed by atoms with Crippen molar-refractivity contribution >= 4 is 11.6 Å². The molecular weight excluding hydrogens is 384 g/mol. The Balaban J connectivity index is 1.53. The molecule has 0 spiro atoms. The zero-order chi connectivity index (χ0) is 22.0. The molecule has 1 amide bonds. The Labute approximate surface area is 183 Å². The third kappa shape index (κ3) is 4.50. The maximum absolute atomic E-state index is 13.0. The number of hydrogen-bond acceptors (Lipinski definition) is 3. The van der Waals surface area contributed by atoms with Crippen LogP contribution in [0.2, 0.25) is 0 Å². The van der Waals surface area contributed by atoms with Gasteiger partial charge in [0, 0.05) is 23.9 Å². The van der Waals surface area contributed by atoms with Gasteiger partial charge in [-0.3, -0.25) is 4.79 Å². The molecule has 4 rings (SSSR count). The van der Waals surface area contributed by atoms with Gasteiger partial charge in [-0.15, -0.1) is 0 Å². The Morgan fingerprint density at radius 3 is 2.35 bits per heavy atom. The largest absolute Gasteiger partial charge is 0.345 e. The van der Waals surface area contributed by atoms with E-state index < -0.39 is 0 Å². The van der Waals surface area contributed by atoms with Gasteiger partial charge in [0.25, 0.3) is 0 Å². The number of benzene rings is 2. The van der Waals surface area contributed by atoms with Crippen LogP contribution in [0.5, 0.6) is 0 Å². The highest BCUT2D eigenvalue weighted by atomic mass is 16.1. The van der Waals surface area contributed by atoms with E-state index in [1.807, 2.05) is 49.6 Å². The minimum absolute atomic E-state index is 0.0185. The molecule has 1 N–H and O–H groups in total. The molecule has 0 aliphatic carbocycles. The number of fused-ring (bicyclic) bond motifs is 1. The molecule has 0 radical (unpaired) electrons. The van der Waals surface area contributed by atoms with Crippen LogP contribution in [0.25, 0.3) is 5.65 Å². The van der Waals surface area contributed by atoms with Crippen molar-refractivity contribution in [1.29, 1.82) is 0 Å². The lowest BCUT2D eigenvalue weighted by Gasteiger charge is -2.20. The number of rotatable bonds is 6. The molecule has 1 atom stereocenters. The number of nitrogens with zero attached hydrogens (tertiary/aromatic N) is 3. The molecule has 0 bridgehead atoms. The molecule has 0 fully saturated rings. The van der Waals surface area contributed by atoms with Crippen molar-refractivity contribution in [2.75, 3.05) is 0 Å². The predicted molar refractivity (Wildman–Crippen MR) is 123 cm³/mol. The molecule has 0 aliphatic rings. The standard InChI is InChI=1S/C26H28N4O/c1-17-10-12-22(13-11-17)26(21-8-6-5-7-9-21)28-25(31)15-14-23-19(3)27-24-16-18(2)29-30(24)20(23)4/h5-13,16,26H,14-15H2,1-4H3,(H,28,31). The number of carbonyl (C=O) groups is 1. The van der Waals surface area contributed by atoms with Crippen molar-refractivity contribution in [3.05, 3.63) is 100.0 Å². The molecule has 5 nitrogen and oxygen atoms in total. The molecule has 158 valence electrons. The molecule has 0 aliphatic heterocycles. The van der Waals surface area contributed by atoms with Gasteiger partial charge in [0.2, 0.25) is 5.91 Å². The van der Waals surface area contributed by atoms with Crippen LogP contribution in [0.3, 0.4) is 0 Å². The maximum Gasteiger partial charge on any atom is 0.221 e. The fraction of sp³-hybridized carbons (Fsp3) is 0.269. The normalized spacial score (nSPS) is 12.1. The highest BCUT2D eigenvalue weighted by molar-refractivity contribution is 5.77. The summed E-state index contributed by atoms with van der Waals surface area (Å²) in [5, 5.41) is 7.77. The van der Waals surface area contributed by atoms with E-state index in [-0.39, 0.29) is 11.9 Å². The lowest BCUT2D eigenvalue weighted by atomic mass is 9.97. The average molecular weight is 413 g/mol. The number of carbonyl (C=O) groups excluding carboxylic acids is 1. The van der Waals surface area contributed by atoms with Gasteiger partial charge >= 0.3 is 0 Å². The fourth-order valence-electron chi connectivity index (χ4n) is 4.04. The van der Waals surface area contributed by atoms with Crippen LogP contribution in [0, 0.1) is 27.7 Å². The summed E-state index contributed by atoms with van der Waals surface area (Å²) >= 11 is 0. The molecule has 1 unspecified atom stereocenters. The molecule has 0 saturated heterocycles. The maximum atomic E-state index is 13.0. The van der Waals surface area contributed by atoms with Gasteiger partial charge < -0.3 is 5.32 Å². The lowest BCUT2D eigenvalue weighted by molar-refractivity contribution is -0.121. The third-order valence-electron chi connectivity index (χ3n) is 5.74. The van der Waals surface area contributed by atoms with E-state index in [9.17, 15) is 4.79 Å². The summed E-state index contributed by atoms with van der Waals surface area (Å²) in [5.41, 5.74) is 8.21. The molecule has 31 heavy (non-hydrogen) atoms. The van der Waals surface area contributed by atoms with Crippen molar-refractivity contribution in [3.8, 4) is 0 Å². The lowest BCUT2D eigenvalue weighted by Crippen LogP contribution is -2.29. The second-order valence-electron chi connectivity index (χ2n) is 8.14. The van der Waals surface area contributed by atoms with Gasteiger partial charge in [-0.25, -0.2) is 9.50 Å². The van der Waals surface area contributed by atoms with Crippen LogP contribution in [-0.2, 0) is 11.2 Å². The number of aromatic nitrogens is 3. The van der Waals surface area contributed by atoms with E-state index in [0.717, 1.165) is 39.4 Å². The Morgan fingerprint density at radius 2 is 1.65 bits per heavy atom. The summed E-state index contributed by atoms with van der Waals surface area (Å²) in [5.74, 6) is 0.0185. The van der Waals surface area contributed by atoms with E-state index in [1.54, 1.807) is 0 Å². The van der Waals surface area contributed by atoms with E-state index in [4.69, 9.17) is 0 Å². The molecule has 2 heterocycles. The Hall–Kier alpha value is -3.47. The highest BCUT2D eigenvalue weighted by Crippen LogP contribution is 2.23. The average Bonchev–Trinajstić information content (AvgIpc) is 3.13. The summed E-state index contributed by atoms with van der Waals surface area (Å²) in [4.78, 5) is 17.6. The first-order chi connectivity index (χ1) is 14.9. The van der Waals surface area contributed by atoms with Crippen molar-refractivity contribution in [1.82, 2.24) is 19.9 Å². The third-order valence-corrected chi connectivity index (χ3v) is 5.74. The monoisotopic (exact) mass is 412 g/mol. The van der Waals surface area contributed by atoms with E-state index >= 15 is 0 Å². The quantitative estimate of drug-likeness (QED) is 0.495. The van der Waals surface area contributed by atoms with Gasteiger partial charge in [-0.2, -0.15) is 5.10 Å². The summed E-state index contributed by atoms with van der Waals surface area (Å²) in [6.45, 7) is 8.07. The molecule has 5 heteroatoms.